The topological polar surface area (TPSA) is 60.4 Å². The molecule has 0 amide bonds. The minimum Gasteiger partial charge on any atom is -0.497 e. The summed E-state index contributed by atoms with van der Waals surface area (Å²) < 4.78 is 33.3. The van der Waals surface area contributed by atoms with Crippen molar-refractivity contribution in [3.63, 3.8) is 0 Å². The highest BCUT2D eigenvalue weighted by molar-refractivity contribution is 9.10. The van der Waals surface area contributed by atoms with E-state index in [-0.39, 0.29) is 15.4 Å². The van der Waals surface area contributed by atoms with Gasteiger partial charge in [0.25, 0.3) is 0 Å². The number of allylic oxidation sites excluding steroid dienone is 1. The van der Waals surface area contributed by atoms with Crippen LogP contribution in [0.4, 0.5) is 0 Å². The van der Waals surface area contributed by atoms with Crippen molar-refractivity contribution < 1.29 is 17.9 Å². The van der Waals surface area contributed by atoms with Gasteiger partial charge in [0, 0.05) is 14.5 Å². The average Bonchev–Trinajstić information content (AvgIpc) is 2.72. The van der Waals surface area contributed by atoms with Crippen molar-refractivity contribution in [1.29, 1.82) is 0 Å². The molecule has 3 rings (SSSR count). The summed E-state index contributed by atoms with van der Waals surface area (Å²) in [6.45, 7) is 0. The second kappa shape index (κ2) is 9.07. The molecule has 0 aliphatic carbocycles. The van der Waals surface area contributed by atoms with Gasteiger partial charge >= 0.3 is 0 Å². The van der Waals surface area contributed by atoms with Gasteiger partial charge in [-0.2, -0.15) is 0 Å². The van der Waals surface area contributed by atoms with Gasteiger partial charge in [0.05, 0.1) is 12.0 Å². The molecule has 0 aliphatic heterocycles. The second-order valence-corrected chi connectivity index (χ2v) is 9.82. The Bertz CT molecular complexity index is 1150. The Hall–Kier alpha value is -2.22. The molecule has 0 atom stereocenters. The molecule has 3 aromatic carbocycles. The molecule has 0 bridgehead atoms. The fourth-order valence-corrected chi connectivity index (χ4v) is 4.53. The lowest BCUT2D eigenvalue weighted by Crippen LogP contribution is -2.14. The second-order valence-electron chi connectivity index (χ2n) is 6.08. The van der Waals surface area contributed by atoms with Crippen LogP contribution in [0.3, 0.4) is 0 Å². The van der Waals surface area contributed by atoms with Crippen molar-refractivity contribution in [2.75, 3.05) is 7.11 Å². The first-order chi connectivity index (χ1) is 13.8. The fourth-order valence-electron chi connectivity index (χ4n) is 2.60. The number of benzene rings is 3. The molecule has 0 spiro atoms. The molecule has 3 aromatic rings. The van der Waals surface area contributed by atoms with Crippen LogP contribution < -0.4 is 4.74 Å². The Morgan fingerprint density at radius 2 is 1.34 bits per heavy atom. The molecular formula is C22H16Br2O4S. The number of hydrogen-bond donors (Lipinski definition) is 0. The maximum absolute atomic E-state index is 13.3. The van der Waals surface area contributed by atoms with Gasteiger partial charge in [-0.15, -0.1) is 0 Å². The van der Waals surface area contributed by atoms with Crippen molar-refractivity contribution in [1.82, 2.24) is 0 Å². The van der Waals surface area contributed by atoms with Crippen LogP contribution >= 0.6 is 31.9 Å². The summed E-state index contributed by atoms with van der Waals surface area (Å²) in [7, 11) is -2.49. The third kappa shape index (κ3) is 5.04. The molecular weight excluding hydrogens is 520 g/mol. The molecule has 0 fully saturated rings. The number of rotatable bonds is 6. The van der Waals surface area contributed by atoms with E-state index in [0.29, 0.717) is 11.3 Å². The maximum Gasteiger partial charge on any atom is 0.210 e. The van der Waals surface area contributed by atoms with E-state index in [2.05, 4.69) is 31.9 Å². The number of carbonyl (C=O) groups excluding carboxylic acids is 1. The van der Waals surface area contributed by atoms with E-state index in [0.717, 1.165) is 8.95 Å². The van der Waals surface area contributed by atoms with Gasteiger partial charge in [0.1, 0.15) is 10.7 Å². The first kappa shape index (κ1) is 21.5. The molecule has 0 heterocycles. The Kier molecular flexibility index (Phi) is 6.72. The van der Waals surface area contributed by atoms with E-state index in [9.17, 15) is 13.2 Å². The third-order valence-electron chi connectivity index (χ3n) is 4.16. The molecule has 0 aliphatic rings. The van der Waals surface area contributed by atoms with Crippen LogP contribution in [-0.4, -0.2) is 21.3 Å². The predicted molar refractivity (Wildman–Crippen MR) is 121 cm³/mol. The van der Waals surface area contributed by atoms with E-state index in [1.165, 1.54) is 18.2 Å². The quantitative estimate of drug-likeness (QED) is 0.290. The molecule has 0 unspecified atom stereocenters. The van der Waals surface area contributed by atoms with Gasteiger partial charge in [-0.3, -0.25) is 4.79 Å². The van der Waals surface area contributed by atoms with E-state index in [1.54, 1.807) is 67.8 Å². The fraction of sp³-hybridized carbons (Fsp3) is 0.0455. The molecule has 0 aromatic heterocycles. The Morgan fingerprint density at radius 1 is 0.828 bits per heavy atom. The predicted octanol–water partition coefficient (Wildman–Crippen LogP) is 5.92. The number of hydrogen-bond acceptors (Lipinski definition) is 4. The minimum atomic E-state index is -4.04. The van der Waals surface area contributed by atoms with Gasteiger partial charge in [0.15, 0.2) is 0 Å². The number of ether oxygens (including phenoxy) is 1. The minimum absolute atomic E-state index is 0.0472. The summed E-state index contributed by atoms with van der Waals surface area (Å²) in [4.78, 5) is 12.9. The zero-order valence-corrected chi connectivity index (χ0v) is 19.3. The zero-order chi connectivity index (χ0) is 21.0. The Balaban J connectivity index is 2.14. The number of methoxy groups -OCH3 is 1. The lowest BCUT2D eigenvalue weighted by molar-refractivity contribution is 0.104. The normalized spacial score (nSPS) is 11.9. The van der Waals surface area contributed by atoms with Crippen molar-refractivity contribution in [3.05, 3.63) is 97.8 Å². The highest BCUT2D eigenvalue weighted by Crippen LogP contribution is 2.27. The van der Waals surface area contributed by atoms with Crippen LogP contribution in [0.1, 0.15) is 15.9 Å². The van der Waals surface area contributed by atoms with E-state index in [1.807, 2.05) is 0 Å². The zero-order valence-electron chi connectivity index (χ0n) is 15.3. The van der Waals surface area contributed by atoms with Crippen molar-refractivity contribution in [2.24, 2.45) is 0 Å². The van der Waals surface area contributed by atoms with Crippen LogP contribution in [0, 0.1) is 0 Å². The number of ketones is 1. The van der Waals surface area contributed by atoms with Gasteiger partial charge in [-0.05, 0) is 72.3 Å². The third-order valence-corrected chi connectivity index (χ3v) is 6.99. The standard InChI is InChI=1S/C22H16Br2O4S/c1-28-19-10-2-15(3-11-19)14-21(22(25)16-4-6-17(23)7-5-16)29(26,27)20-12-8-18(24)9-13-20/h2-14H,1H3/b21-14+. The van der Waals surface area contributed by atoms with Crippen LogP contribution in [-0.2, 0) is 9.84 Å². The van der Waals surface area contributed by atoms with Crippen molar-refractivity contribution in [3.8, 4) is 5.75 Å². The monoisotopic (exact) mass is 534 g/mol. The van der Waals surface area contributed by atoms with Crippen molar-refractivity contribution in [2.45, 2.75) is 4.90 Å². The summed E-state index contributed by atoms with van der Waals surface area (Å²) in [5.74, 6) is 0.0648. The van der Waals surface area contributed by atoms with Crippen LogP contribution in [0.2, 0.25) is 0 Å². The van der Waals surface area contributed by atoms with E-state index in [4.69, 9.17) is 4.74 Å². The van der Waals surface area contributed by atoms with Crippen LogP contribution in [0.15, 0.2) is 91.5 Å². The lowest BCUT2D eigenvalue weighted by atomic mass is 10.1. The van der Waals surface area contributed by atoms with E-state index < -0.39 is 15.6 Å². The summed E-state index contributed by atoms with van der Waals surface area (Å²) in [6.07, 6.45) is 1.39. The maximum atomic E-state index is 13.3. The largest absolute Gasteiger partial charge is 0.497 e. The van der Waals surface area contributed by atoms with Crippen LogP contribution in [0.5, 0.6) is 5.75 Å². The van der Waals surface area contributed by atoms with Gasteiger partial charge in [-0.1, -0.05) is 44.0 Å². The van der Waals surface area contributed by atoms with E-state index >= 15 is 0 Å². The van der Waals surface area contributed by atoms with Crippen molar-refractivity contribution >= 4 is 53.6 Å². The Morgan fingerprint density at radius 3 is 1.86 bits per heavy atom. The number of sulfone groups is 1. The smallest absolute Gasteiger partial charge is 0.210 e. The first-order valence-electron chi connectivity index (χ1n) is 8.48. The molecule has 0 radical (unpaired) electrons. The SMILES string of the molecule is COc1ccc(/C=C(\C(=O)c2ccc(Br)cc2)S(=O)(=O)c2ccc(Br)cc2)cc1. The number of halogens is 2. The highest BCUT2D eigenvalue weighted by atomic mass is 79.9. The Labute approximate surface area is 186 Å². The van der Waals surface area contributed by atoms with Gasteiger partial charge in [0.2, 0.25) is 15.6 Å². The number of Topliss-reactive ketones (excluding diaryl/α,β-unsaturated/α-hetero) is 1. The summed E-state index contributed by atoms with van der Waals surface area (Å²) in [5.41, 5.74) is 0.862. The summed E-state index contributed by atoms with van der Waals surface area (Å²) >= 11 is 6.62. The molecule has 0 saturated heterocycles. The van der Waals surface area contributed by atoms with Gasteiger partial charge in [-0.25, -0.2) is 8.42 Å². The van der Waals surface area contributed by atoms with Crippen LogP contribution in [0.25, 0.3) is 6.08 Å². The molecule has 148 valence electrons. The molecule has 7 heteroatoms. The molecule has 0 saturated carbocycles. The molecule has 4 nitrogen and oxygen atoms in total. The number of carbonyl (C=O) groups is 1. The molecule has 0 N–H and O–H groups in total. The van der Waals surface area contributed by atoms with Gasteiger partial charge < -0.3 is 4.74 Å². The lowest BCUT2D eigenvalue weighted by Gasteiger charge is -2.10. The molecule has 29 heavy (non-hydrogen) atoms. The average molecular weight is 536 g/mol. The summed E-state index contributed by atoms with van der Waals surface area (Å²) in [6, 6.07) is 19.6. The highest BCUT2D eigenvalue weighted by Gasteiger charge is 2.28. The first-order valence-corrected chi connectivity index (χ1v) is 11.5. The summed E-state index contributed by atoms with van der Waals surface area (Å²) in [5, 5.41) is 0.